The Hall–Kier alpha value is -2.02. The Bertz CT molecular complexity index is 772. The van der Waals surface area contributed by atoms with Gasteiger partial charge in [0.05, 0.1) is 0 Å². The van der Waals surface area contributed by atoms with E-state index < -0.39 is 0 Å². The van der Waals surface area contributed by atoms with Crippen LogP contribution in [0.2, 0.25) is 0 Å². The molecule has 2 aromatic carbocycles. The summed E-state index contributed by atoms with van der Waals surface area (Å²) in [7, 11) is 0. The van der Waals surface area contributed by atoms with Crippen LogP contribution in [0.15, 0.2) is 72.9 Å². The second-order valence-corrected chi connectivity index (χ2v) is 12.3. The fourth-order valence-corrected chi connectivity index (χ4v) is 5.90. The molecule has 0 aromatic heterocycles. The summed E-state index contributed by atoms with van der Waals surface area (Å²) in [5.74, 6) is 0. The number of benzene rings is 2. The highest BCUT2D eigenvalue weighted by atomic mass is 15.1. The zero-order valence-corrected chi connectivity index (χ0v) is 27.1. The number of allylic oxidation sites excluding steroid dienone is 1. The van der Waals surface area contributed by atoms with Crippen molar-refractivity contribution in [3.05, 3.63) is 72.9 Å². The summed E-state index contributed by atoms with van der Waals surface area (Å²) in [4.78, 5) is 2.29. The lowest BCUT2D eigenvalue weighted by Gasteiger charge is -2.20. The van der Waals surface area contributed by atoms with Crippen molar-refractivity contribution in [3.63, 3.8) is 0 Å². The van der Waals surface area contributed by atoms with Crippen molar-refractivity contribution in [2.75, 3.05) is 4.90 Å². The molecule has 0 aliphatic heterocycles. The third-order valence-electron chi connectivity index (χ3n) is 8.55. The van der Waals surface area contributed by atoms with Crippen molar-refractivity contribution in [2.45, 2.75) is 167 Å². The van der Waals surface area contributed by atoms with Gasteiger partial charge in [0.1, 0.15) is 0 Å². The first kappa shape index (κ1) is 35.2. The van der Waals surface area contributed by atoms with E-state index >= 15 is 0 Å². The van der Waals surface area contributed by atoms with Crippen LogP contribution in [-0.4, -0.2) is 0 Å². The zero-order valence-electron chi connectivity index (χ0n) is 27.1. The molecule has 0 N–H and O–H groups in total. The summed E-state index contributed by atoms with van der Waals surface area (Å²) in [5, 5.41) is 0. The Morgan fingerprint density at radius 2 is 0.683 bits per heavy atom. The number of hydrogen-bond acceptors (Lipinski definition) is 1. The van der Waals surface area contributed by atoms with Crippen LogP contribution in [0.25, 0.3) is 0 Å². The van der Waals surface area contributed by atoms with Gasteiger partial charge in [-0.2, -0.15) is 0 Å². The van der Waals surface area contributed by atoms with E-state index in [1.165, 1.54) is 165 Å². The monoisotopic (exact) mass is 560 g/mol. The van der Waals surface area contributed by atoms with Crippen molar-refractivity contribution in [1.82, 2.24) is 0 Å². The minimum atomic E-state index is 1.16. The van der Waals surface area contributed by atoms with Gasteiger partial charge in [0, 0.05) is 17.6 Å². The van der Waals surface area contributed by atoms with Gasteiger partial charge in [0.25, 0.3) is 0 Å². The molecule has 0 atom stereocenters. The topological polar surface area (TPSA) is 3.24 Å². The highest BCUT2D eigenvalue weighted by Crippen LogP contribution is 2.25. The number of anilines is 2. The molecule has 0 amide bonds. The molecule has 0 unspecified atom stereocenters. The largest absolute Gasteiger partial charge is 0.318 e. The molecule has 0 heterocycles. The SMILES string of the molecule is CCCCCCCCCCCCCCCCCCCCCCCCCC/C=C/N(c1ccccc1)c1ccccc1. The van der Waals surface area contributed by atoms with Gasteiger partial charge in [0.2, 0.25) is 0 Å². The molecule has 0 aliphatic rings. The van der Waals surface area contributed by atoms with Crippen LogP contribution in [0.4, 0.5) is 11.4 Å². The van der Waals surface area contributed by atoms with Gasteiger partial charge in [-0.1, -0.05) is 197 Å². The van der Waals surface area contributed by atoms with Crippen LogP contribution < -0.4 is 4.90 Å². The molecule has 0 saturated carbocycles. The summed E-state index contributed by atoms with van der Waals surface area (Å²) >= 11 is 0. The molecule has 2 aromatic rings. The maximum absolute atomic E-state index is 2.35. The molecule has 1 heteroatoms. The first-order valence-electron chi connectivity index (χ1n) is 18.0. The molecule has 230 valence electrons. The lowest BCUT2D eigenvalue weighted by molar-refractivity contribution is 0.517. The molecular weight excluding hydrogens is 494 g/mol. The summed E-state index contributed by atoms with van der Waals surface area (Å²) in [6, 6.07) is 21.3. The van der Waals surface area contributed by atoms with Gasteiger partial charge in [0.15, 0.2) is 0 Å². The minimum absolute atomic E-state index is 1.16. The second-order valence-electron chi connectivity index (χ2n) is 12.3. The van der Waals surface area contributed by atoms with Crippen LogP contribution in [-0.2, 0) is 0 Å². The lowest BCUT2D eigenvalue weighted by Crippen LogP contribution is -2.07. The molecular formula is C40H65N. The number of para-hydroxylation sites is 2. The average Bonchev–Trinajstić information content (AvgIpc) is 3.01. The average molecular weight is 560 g/mol. The third kappa shape index (κ3) is 19.7. The standard InChI is InChI=1S/C40H65N/c1-2-3-4-5-6-7-8-9-10-11-12-13-14-15-16-17-18-19-20-21-22-23-24-25-26-33-38-41(39-34-29-27-30-35-39)40-36-31-28-32-37-40/h27-38H,2-26H2,1H3/b38-33+. The minimum Gasteiger partial charge on any atom is -0.318 e. The van der Waals surface area contributed by atoms with Crippen molar-refractivity contribution >= 4 is 11.4 Å². The number of nitrogens with zero attached hydrogens (tertiary/aromatic N) is 1. The summed E-state index contributed by atoms with van der Waals surface area (Å²) in [5.41, 5.74) is 2.43. The van der Waals surface area contributed by atoms with E-state index in [0.717, 1.165) is 6.42 Å². The summed E-state index contributed by atoms with van der Waals surface area (Å²) in [6.45, 7) is 2.30. The van der Waals surface area contributed by atoms with Gasteiger partial charge in [-0.05, 0) is 37.1 Å². The molecule has 41 heavy (non-hydrogen) atoms. The van der Waals surface area contributed by atoms with E-state index in [1.54, 1.807) is 0 Å². The second kappa shape index (κ2) is 26.9. The summed E-state index contributed by atoms with van der Waals surface area (Å²) in [6.07, 6.45) is 40.5. The van der Waals surface area contributed by atoms with Crippen LogP contribution in [0, 0.1) is 0 Å². The molecule has 0 aliphatic carbocycles. The quantitative estimate of drug-likeness (QED) is 0.0937. The van der Waals surface area contributed by atoms with Crippen molar-refractivity contribution in [1.29, 1.82) is 0 Å². The molecule has 2 rings (SSSR count). The molecule has 0 fully saturated rings. The maximum atomic E-state index is 2.35. The predicted molar refractivity (Wildman–Crippen MR) is 185 cm³/mol. The summed E-state index contributed by atoms with van der Waals surface area (Å²) < 4.78 is 0. The smallest absolute Gasteiger partial charge is 0.0455 e. The Morgan fingerprint density at radius 3 is 1.00 bits per heavy atom. The normalized spacial score (nSPS) is 11.4. The molecule has 0 saturated heterocycles. The van der Waals surface area contributed by atoms with Gasteiger partial charge < -0.3 is 4.90 Å². The fourth-order valence-electron chi connectivity index (χ4n) is 5.90. The maximum Gasteiger partial charge on any atom is 0.0455 e. The van der Waals surface area contributed by atoms with E-state index in [1.807, 2.05) is 0 Å². The van der Waals surface area contributed by atoms with Crippen LogP contribution >= 0.6 is 0 Å². The molecule has 0 bridgehead atoms. The van der Waals surface area contributed by atoms with E-state index in [-0.39, 0.29) is 0 Å². The predicted octanol–water partition coefficient (Wildman–Crippen LogP) is 14.1. The first-order chi connectivity index (χ1) is 20.4. The van der Waals surface area contributed by atoms with E-state index in [0.29, 0.717) is 0 Å². The van der Waals surface area contributed by atoms with Gasteiger partial charge in [-0.15, -0.1) is 0 Å². The highest BCUT2D eigenvalue weighted by Gasteiger charge is 2.04. The first-order valence-corrected chi connectivity index (χ1v) is 18.0. The third-order valence-corrected chi connectivity index (χ3v) is 8.55. The van der Waals surface area contributed by atoms with Crippen LogP contribution in [0.1, 0.15) is 167 Å². The van der Waals surface area contributed by atoms with Crippen molar-refractivity contribution < 1.29 is 0 Å². The van der Waals surface area contributed by atoms with Gasteiger partial charge in [-0.25, -0.2) is 0 Å². The van der Waals surface area contributed by atoms with E-state index in [4.69, 9.17) is 0 Å². The van der Waals surface area contributed by atoms with Gasteiger partial charge in [-0.3, -0.25) is 0 Å². The lowest BCUT2D eigenvalue weighted by atomic mass is 10.0. The zero-order chi connectivity index (χ0) is 28.9. The Morgan fingerprint density at radius 1 is 0.390 bits per heavy atom. The molecule has 1 nitrogen and oxygen atoms in total. The van der Waals surface area contributed by atoms with Gasteiger partial charge >= 0.3 is 0 Å². The molecule has 0 radical (unpaired) electrons. The van der Waals surface area contributed by atoms with Crippen molar-refractivity contribution in [3.8, 4) is 0 Å². The van der Waals surface area contributed by atoms with E-state index in [9.17, 15) is 0 Å². The van der Waals surface area contributed by atoms with E-state index in [2.05, 4.69) is 84.8 Å². The van der Waals surface area contributed by atoms with Crippen molar-refractivity contribution in [2.24, 2.45) is 0 Å². The number of rotatable bonds is 28. The Kier molecular flexibility index (Phi) is 23.0. The van der Waals surface area contributed by atoms with Crippen LogP contribution in [0.3, 0.4) is 0 Å². The Balaban J connectivity index is 1.31. The highest BCUT2D eigenvalue weighted by molar-refractivity contribution is 5.65. The Labute approximate surface area is 256 Å². The fraction of sp³-hybridized carbons (Fsp3) is 0.650. The molecule has 0 spiro atoms. The number of unbranched alkanes of at least 4 members (excludes halogenated alkanes) is 24. The van der Waals surface area contributed by atoms with Crippen LogP contribution in [0.5, 0.6) is 0 Å². The number of hydrogen-bond donors (Lipinski definition) is 0.